The van der Waals surface area contributed by atoms with Crippen LogP contribution in [0.25, 0.3) is 11.1 Å². The zero-order valence-electron chi connectivity index (χ0n) is 8.69. The minimum atomic E-state index is -0.220. The Kier molecular flexibility index (Phi) is 1.75. The third-order valence-corrected chi connectivity index (χ3v) is 2.96. The molecule has 0 radical (unpaired) electrons. The van der Waals surface area contributed by atoms with Gasteiger partial charge >= 0.3 is 5.76 Å². The molecular weight excluding hydrogens is 190 g/mol. The van der Waals surface area contributed by atoms with E-state index in [4.69, 9.17) is 4.42 Å². The van der Waals surface area contributed by atoms with Crippen molar-refractivity contribution in [3.05, 3.63) is 34.3 Å². The molecule has 1 saturated carbocycles. The van der Waals surface area contributed by atoms with Gasteiger partial charge in [-0.2, -0.15) is 0 Å². The van der Waals surface area contributed by atoms with Crippen molar-refractivity contribution >= 4 is 11.1 Å². The fourth-order valence-corrected chi connectivity index (χ4v) is 1.91. The van der Waals surface area contributed by atoms with Gasteiger partial charge in [-0.15, -0.1) is 0 Å². The predicted molar refractivity (Wildman–Crippen MR) is 57.9 cm³/mol. The first-order valence-corrected chi connectivity index (χ1v) is 5.34. The number of hydrogen-bond donors (Lipinski definition) is 0. The van der Waals surface area contributed by atoms with Crippen LogP contribution >= 0.6 is 0 Å². The monoisotopic (exact) mass is 203 g/mol. The van der Waals surface area contributed by atoms with Gasteiger partial charge < -0.3 is 4.42 Å². The third kappa shape index (κ3) is 1.48. The number of aromatic nitrogens is 1. The van der Waals surface area contributed by atoms with E-state index in [2.05, 4.69) is 0 Å². The minimum Gasteiger partial charge on any atom is -0.408 e. The molecule has 1 aliphatic rings. The first-order valence-electron chi connectivity index (χ1n) is 5.34. The van der Waals surface area contributed by atoms with Gasteiger partial charge in [-0.3, -0.25) is 4.57 Å². The van der Waals surface area contributed by atoms with E-state index < -0.39 is 0 Å². The molecule has 1 aromatic heterocycles. The summed E-state index contributed by atoms with van der Waals surface area (Å²) in [5.41, 5.74) is 2.76. The first-order chi connectivity index (χ1) is 7.24. The number of fused-ring (bicyclic) bond motifs is 1. The molecule has 15 heavy (non-hydrogen) atoms. The van der Waals surface area contributed by atoms with Crippen molar-refractivity contribution in [2.24, 2.45) is 5.92 Å². The Morgan fingerprint density at radius 2 is 2.27 bits per heavy atom. The van der Waals surface area contributed by atoms with E-state index in [1.165, 1.54) is 12.8 Å². The van der Waals surface area contributed by atoms with Gasteiger partial charge in [0.05, 0.1) is 5.52 Å². The zero-order chi connectivity index (χ0) is 10.4. The van der Waals surface area contributed by atoms with Crippen molar-refractivity contribution in [2.75, 3.05) is 0 Å². The molecular formula is C12H13NO2. The number of oxazole rings is 1. The quantitative estimate of drug-likeness (QED) is 0.750. The summed E-state index contributed by atoms with van der Waals surface area (Å²) in [4.78, 5) is 11.6. The van der Waals surface area contributed by atoms with E-state index >= 15 is 0 Å². The van der Waals surface area contributed by atoms with Crippen LogP contribution in [0.2, 0.25) is 0 Å². The van der Waals surface area contributed by atoms with Crippen LogP contribution in [0.3, 0.4) is 0 Å². The summed E-state index contributed by atoms with van der Waals surface area (Å²) >= 11 is 0. The SMILES string of the molecule is Cc1ccc2c(c1)oc(=O)n2CC1CC1. The molecule has 1 aliphatic carbocycles. The Balaban J connectivity index is 2.18. The van der Waals surface area contributed by atoms with Gasteiger partial charge in [0.1, 0.15) is 0 Å². The Hall–Kier alpha value is -1.51. The molecule has 1 aromatic carbocycles. The van der Waals surface area contributed by atoms with Gasteiger partial charge in [0.15, 0.2) is 5.58 Å². The Morgan fingerprint density at radius 1 is 1.47 bits per heavy atom. The fraction of sp³-hybridized carbons (Fsp3) is 0.417. The molecule has 0 saturated heterocycles. The molecule has 0 atom stereocenters. The molecule has 78 valence electrons. The second-order valence-electron chi connectivity index (χ2n) is 4.39. The molecule has 0 N–H and O–H groups in total. The number of rotatable bonds is 2. The molecule has 2 aromatic rings. The van der Waals surface area contributed by atoms with E-state index in [-0.39, 0.29) is 5.76 Å². The lowest BCUT2D eigenvalue weighted by Crippen LogP contribution is -2.14. The van der Waals surface area contributed by atoms with E-state index in [0.717, 1.165) is 17.6 Å². The molecule has 0 unspecified atom stereocenters. The van der Waals surface area contributed by atoms with Crippen molar-refractivity contribution in [2.45, 2.75) is 26.3 Å². The van der Waals surface area contributed by atoms with Crippen LogP contribution in [0.5, 0.6) is 0 Å². The lowest BCUT2D eigenvalue weighted by molar-refractivity contribution is 0.492. The average Bonchev–Trinajstić information content (AvgIpc) is 2.93. The fourth-order valence-electron chi connectivity index (χ4n) is 1.91. The van der Waals surface area contributed by atoms with Crippen molar-refractivity contribution in [1.82, 2.24) is 4.57 Å². The van der Waals surface area contributed by atoms with E-state index in [9.17, 15) is 4.79 Å². The van der Waals surface area contributed by atoms with E-state index in [1.807, 2.05) is 25.1 Å². The van der Waals surface area contributed by atoms with Crippen LogP contribution in [0.15, 0.2) is 27.4 Å². The lowest BCUT2D eigenvalue weighted by atomic mass is 10.2. The van der Waals surface area contributed by atoms with Crippen molar-refractivity contribution in [3.8, 4) is 0 Å². The van der Waals surface area contributed by atoms with Crippen LogP contribution < -0.4 is 5.76 Å². The summed E-state index contributed by atoms with van der Waals surface area (Å²) in [5.74, 6) is 0.465. The molecule has 1 fully saturated rings. The highest BCUT2D eigenvalue weighted by atomic mass is 16.4. The highest BCUT2D eigenvalue weighted by Gasteiger charge is 2.24. The topological polar surface area (TPSA) is 35.1 Å². The summed E-state index contributed by atoms with van der Waals surface area (Å²) < 4.78 is 6.97. The maximum Gasteiger partial charge on any atom is 0.419 e. The molecule has 0 bridgehead atoms. The summed E-state index contributed by atoms with van der Waals surface area (Å²) in [6.45, 7) is 2.81. The smallest absolute Gasteiger partial charge is 0.408 e. The first kappa shape index (κ1) is 8.77. The van der Waals surface area contributed by atoms with Crippen LogP contribution in [0, 0.1) is 12.8 Å². The summed E-state index contributed by atoms with van der Waals surface area (Å²) in [7, 11) is 0. The van der Waals surface area contributed by atoms with E-state index in [1.54, 1.807) is 4.57 Å². The summed E-state index contributed by atoms with van der Waals surface area (Å²) in [6, 6.07) is 5.90. The Labute approximate surface area is 87.3 Å². The van der Waals surface area contributed by atoms with Crippen molar-refractivity contribution in [3.63, 3.8) is 0 Å². The highest BCUT2D eigenvalue weighted by Crippen LogP contribution is 2.31. The molecule has 3 nitrogen and oxygen atoms in total. The van der Waals surface area contributed by atoms with Gasteiger partial charge in [0, 0.05) is 6.54 Å². The van der Waals surface area contributed by atoms with Crippen molar-refractivity contribution in [1.29, 1.82) is 0 Å². The largest absolute Gasteiger partial charge is 0.419 e. The van der Waals surface area contributed by atoms with Crippen LogP contribution in [0.4, 0.5) is 0 Å². The summed E-state index contributed by atoms with van der Waals surface area (Å²) in [5, 5.41) is 0. The van der Waals surface area contributed by atoms with Gasteiger partial charge in [0.2, 0.25) is 0 Å². The zero-order valence-corrected chi connectivity index (χ0v) is 8.69. The number of nitrogens with zero attached hydrogens (tertiary/aromatic N) is 1. The van der Waals surface area contributed by atoms with Gasteiger partial charge in [0.25, 0.3) is 0 Å². The molecule has 1 heterocycles. The van der Waals surface area contributed by atoms with Gasteiger partial charge in [-0.25, -0.2) is 4.79 Å². The molecule has 0 spiro atoms. The van der Waals surface area contributed by atoms with E-state index in [0.29, 0.717) is 11.5 Å². The maximum atomic E-state index is 11.6. The number of aryl methyl sites for hydroxylation is 1. The Bertz CT molecular complexity index is 560. The van der Waals surface area contributed by atoms with Gasteiger partial charge in [-0.05, 0) is 43.4 Å². The molecule has 3 heteroatoms. The molecule has 0 amide bonds. The predicted octanol–water partition coefficient (Wildman–Crippen LogP) is 2.31. The summed E-state index contributed by atoms with van der Waals surface area (Å²) in [6.07, 6.45) is 2.48. The van der Waals surface area contributed by atoms with Gasteiger partial charge in [-0.1, -0.05) is 6.07 Å². The van der Waals surface area contributed by atoms with Crippen LogP contribution in [0.1, 0.15) is 18.4 Å². The number of benzene rings is 1. The Morgan fingerprint density at radius 3 is 3.00 bits per heavy atom. The second-order valence-corrected chi connectivity index (χ2v) is 4.39. The normalized spacial score (nSPS) is 16.1. The maximum absolute atomic E-state index is 11.6. The molecule has 0 aliphatic heterocycles. The number of hydrogen-bond acceptors (Lipinski definition) is 2. The standard InChI is InChI=1S/C12H13NO2/c1-8-2-5-10-11(6-8)15-12(14)13(10)7-9-3-4-9/h2,5-6,9H,3-4,7H2,1H3. The third-order valence-electron chi connectivity index (χ3n) is 2.96. The average molecular weight is 203 g/mol. The van der Waals surface area contributed by atoms with Crippen LogP contribution in [-0.2, 0) is 6.54 Å². The van der Waals surface area contributed by atoms with Crippen molar-refractivity contribution < 1.29 is 4.42 Å². The molecule has 3 rings (SSSR count). The minimum absolute atomic E-state index is 0.220. The lowest BCUT2D eigenvalue weighted by Gasteiger charge is -1.99. The highest BCUT2D eigenvalue weighted by molar-refractivity contribution is 5.73. The second kappa shape index (κ2) is 2.99. The van der Waals surface area contributed by atoms with Crippen LogP contribution in [-0.4, -0.2) is 4.57 Å².